The number of hydrogen-bond donors (Lipinski definition) is 5. The Labute approximate surface area is 241 Å². The number of rotatable bonds is 12. The predicted molar refractivity (Wildman–Crippen MR) is 138 cm³/mol. The molecule has 2 aromatic heterocycles. The number of phosphoric acid groups is 2. The molecule has 5 rings (SSSR count). The maximum absolute atomic E-state index is 12.2. The van der Waals surface area contributed by atoms with Crippen molar-refractivity contribution in [1.82, 2.24) is 30.2 Å². The van der Waals surface area contributed by atoms with Crippen LogP contribution in [0.2, 0.25) is 0 Å². The average molecular weight is 651 g/mol. The zero-order valence-corrected chi connectivity index (χ0v) is 24.2. The number of aliphatic hydroxyl groups is 2. The second-order valence-corrected chi connectivity index (χ2v) is 13.9. The molecule has 3 fully saturated rings. The number of thioether (sulfide) groups is 1. The first-order valence-electron chi connectivity index (χ1n) is 12.7. The number of nitrogens with one attached hydrogen (secondary N) is 2. The van der Waals surface area contributed by atoms with Gasteiger partial charge in [0, 0.05) is 17.4 Å². The second kappa shape index (κ2) is 12.3. The van der Waals surface area contributed by atoms with Crippen LogP contribution in [-0.2, 0) is 32.0 Å². The molecule has 3 saturated heterocycles. The summed E-state index contributed by atoms with van der Waals surface area (Å²) in [5.41, 5.74) is 6.10. The summed E-state index contributed by atoms with van der Waals surface area (Å²) in [7, 11) is -11.3. The molecular formula is C20H27N7O12P2S-2. The van der Waals surface area contributed by atoms with E-state index in [2.05, 4.69) is 38.9 Å². The number of hydrogen-bond acceptors (Lipinski definition) is 17. The Kier molecular flexibility index (Phi) is 9.11. The standard InChI is InChI=1S/C20H29N7O12P2S/c21-17-14-18(23-7-22-17)27(8-24-14)19-16(30)15(29)10(37-19)5-36-40(32,33)39-41(34,35)38-12(28)4-2-1-3-11-13-9(6-42-11)25-20(31)26-13/h7-11,13,15-16,19,29-30H,1-6H2,(H,32,33)(H,34,35)(H2,21,22,23)(H2,25,26,31)/p-2/t9-,10+,11-,13-,15?,16-,19+/m0/s1. The number of carbonyl (C=O) groups is 2. The topological polar surface area (TPSA) is 285 Å². The number of amides is 2. The Morgan fingerprint density at radius 1 is 1.19 bits per heavy atom. The molecule has 0 radical (unpaired) electrons. The van der Waals surface area contributed by atoms with Crippen molar-refractivity contribution in [3.05, 3.63) is 12.7 Å². The van der Waals surface area contributed by atoms with Crippen molar-refractivity contribution in [3.8, 4) is 0 Å². The molecule has 22 heteroatoms. The first-order valence-corrected chi connectivity index (χ1v) is 16.6. The summed E-state index contributed by atoms with van der Waals surface area (Å²) in [4.78, 5) is 59.4. The lowest BCUT2D eigenvalue weighted by atomic mass is 10.0. The maximum atomic E-state index is 12.2. The molecule has 0 aliphatic carbocycles. The first kappa shape index (κ1) is 31.1. The molecule has 3 unspecified atom stereocenters. The Hall–Kier alpha value is -2.38. The number of nitrogens with zero attached hydrogens (tertiary/aromatic N) is 4. The molecule has 0 aromatic carbocycles. The lowest BCUT2D eigenvalue weighted by Crippen LogP contribution is -2.36. The molecule has 3 aliphatic heterocycles. The number of nitrogen functional groups attached to an aromatic ring is 1. The largest absolute Gasteiger partial charge is 0.756 e. The number of phosphoric ester groups is 2. The van der Waals surface area contributed by atoms with Gasteiger partial charge in [0.05, 0.1) is 25.0 Å². The summed E-state index contributed by atoms with van der Waals surface area (Å²) < 4.78 is 43.7. The van der Waals surface area contributed by atoms with E-state index in [0.29, 0.717) is 12.8 Å². The van der Waals surface area contributed by atoms with Crippen LogP contribution in [0.5, 0.6) is 0 Å². The number of urea groups is 1. The van der Waals surface area contributed by atoms with E-state index in [9.17, 15) is 38.7 Å². The third-order valence-corrected chi connectivity index (χ3v) is 10.9. The summed E-state index contributed by atoms with van der Waals surface area (Å²) >= 11 is 1.69. The van der Waals surface area contributed by atoms with E-state index >= 15 is 0 Å². The summed E-state index contributed by atoms with van der Waals surface area (Å²) in [5, 5.41) is 26.6. The minimum Gasteiger partial charge on any atom is -0.756 e. The van der Waals surface area contributed by atoms with Crippen LogP contribution in [-0.4, -0.2) is 89.7 Å². The monoisotopic (exact) mass is 651 g/mol. The van der Waals surface area contributed by atoms with Gasteiger partial charge in [-0.25, -0.2) is 24.1 Å². The fraction of sp³-hybridized carbons (Fsp3) is 0.650. The Morgan fingerprint density at radius 2 is 1.98 bits per heavy atom. The molecule has 19 nitrogen and oxygen atoms in total. The lowest BCUT2D eigenvalue weighted by Gasteiger charge is -2.30. The van der Waals surface area contributed by atoms with Gasteiger partial charge in [-0.05, 0) is 12.8 Å². The van der Waals surface area contributed by atoms with Gasteiger partial charge in [-0.2, -0.15) is 11.8 Å². The number of aliphatic hydroxyl groups excluding tert-OH is 2. The number of fused-ring (bicyclic) bond motifs is 2. The van der Waals surface area contributed by atoms with Gasteiger partial charge >= 0.3 is 19.8 Å². The smallest absolute Gasteiger partial charge is 0.328 e. The highest BCUT2D eigenvalue weighted by molar-refractivity contribution is 8.00. The average Bonchev–Trinajstić information content (AvgIpc) is 3.65. The van der Waals surface area contributed by atoms with Crippen LogP contribution in [0.4, 0.5) is 10.6 Å². The van der Waals surface area contributed by atoms with Crippen LogP contribution in [0.15, 0.2) is 12.7 Å². The zero-order valence-electron chi connectivity index (χ0n) is 21.6. The van der Waals surface area contributed by atoms with Gasteiger partial charge in [-0.15, -0.1) is 0 Å². The van der Waals surface area contributed by atoms with E-state index in [0.717, 1.165) is 12.1 Å². The Bertz CT molecular complexity index is 1430. The van der Waals surface area contributed by atoms with Crippen molar-refractivity contribution in [3.63, 3.8) is 0 Å². The van der Waals surface area contributed by atoms with Gasteiger partial charge in [0.15, 0.2) is 17.7 Å². The minimum absolute atomic E-state index is 0.0134. The minimum atomic E-state index is -5.68. The molecule has 42 heavy (non-hydrogen) atoms. The van der Waals surface area contributed by atoms with E-state index < -0.39 is 52.8 Å². The van der Waals surface area contributed by atoms with Crippen molar-refractivity contribution < 1.29 is 56.8 Å². The van der Waals surface area contributed by atoms with Gasteiger partial charge in [0.25, 0.3) is 7.82 Å². The highest BCUT2D eigenvalue weighted by Gasteiger charge is 2.45. The van der Waals surface area contributed by atoms with Gasteiger partial charge < -0.3 is 50.2 Å². The van der Waals surface area contributed by atoms with Gasteiger partial charge in [-0.1, -0.05) is 6.42 Å². The summed E-state index contributed by atoms with van der Waals surface area (Å²) in [6.45, 7) is -0.954. The maximum Gasteiger partial charge on any atom is 0.328 e. The third kappa shape index (κ3) is 6.88. The quantitative estimate of drug-likeness (QED) is 0.0967. The second-order valence-electron chi connectivity index (χ2n) is 9.73. The molecule has 232 valence electrons. The van der Waals surface area contributed by atoms with E-state index in [1.807, 2.05) is 0 Å². The molecule has 3 aliphatic rings. The molecule has 0 spiro atoms. The molecule has 2 aromatic rings. The third-order valence-electron chi connectivity index (χ3n) is 6.87. The zero-order chi connectivity index (χ0) is 30.2. The normalized spacial score (nSPS) is 31.7. The van der Waals surface area contributed by atoms with Crippen LogP contribution in [0, 0.1) is 0 Å². The molecular weight excluding hydrogens is 624 g/mol. The molecule has 0 saturated carbocycles. The van der Waals surface area contributed by atoms with Gasteiger partial charge in [0.1, 0.15) is 30.2 Å². The number of unbranched alkanes of at least 4 members (excludes halogenated alkanes) is 1. The number of ether oxygens (including phenoxy) is 1. The van der Waals surface area contributed by atoms with E-state index in [1.165, 1.54) is 10.9 Å². The summed E-state index contributed by atoms with van der Waals surface area (Å²) in [5.74, 6) is -0.402. The highest BCUT2D eigenvalue weighted by Crippen LogP contribution is 2.56. The molecule has 6 N–H and O–H groups in total. The Morgan fingerprint density at radius 3 is 2.76 bits per heavy atom. The predicted octanol–water partition coefficient (Wildman–Crippen LogP) is -1.73. The number of carbonyl (C=O) groups excluding carboxylic acids is 2. The number of nitrogens with two attached hydrogens (primary N) is 1. The fourth-order valence-corrected chi connectivity index (χ4v) is 8.42. The summed E-state index contributed by atoms with van der Waals surface area (Å²) in [6, 6.07) is -0.184. The molecule has 9 atom stereocenters. The van der Waals surface area contributed by atoms with Crippen molar-refractivity contribution in [2.24, 2.45) is 0 Å². The molecule has 5 heterocycles. The van der Waals surface area contributed by atoms with Crippen LogP contribution < -0.4 is 26.2 Å². The lowest BCUT2D eigenvalue weighted by molar-refractivity contribution is -0.244. The fourth-order valence-electron chi connectivity index (χ4n) is 4.91. The SMILES string of the molecule is Nc1ncnc2c1ncn2[C@@H]1O[C@H](COP(=O)([O-])OP(=O)([O-])OC(=O)CCCC[C@@H]2SC[C@@H]3NC(=O)N[C@@H]32)C(O)[C@@H]1O. The molecule has 0 bridgehead atoms. The van der Waals surface area contributed by atoms with Crippen molar-refractivity contribution in [2.45, 2.75) is 67.6 Å². The van der Waals surface area contributed by atoms with Crippen LogP contribution in [0.3, 0.4) is 0 Å². The summed E-state index contributed by atoms with van der Waals surface area (Å²) in [6.07, 6.45) is -2.50. The molecule has 2 amide bonds. The van der Waals surface area contributed by atoms with E-state index in [-0.39, 0.29) is 53.2 Å². The van der Waals surface area contributed by atoms with Crippen LogP contribution >= 0.6 is 27.4 Å². The Balaban J connectivity index is 1.06. The van der Waals surface area contributed by atoms with Crippen molar-refractivity contribution in [2.75, 3.05) is 18.1 Å². The highest BCUT2D eigenvalue weighted by atomic mass is 32.2. The number of anilines is 1. The van der Waals surface area contributed by atoms with E-state index in [4.69, 9.17) is 10.5 Å². The van der Waals surface area contributed by atoms with Crippen molar-refractivity contribution >= 4 is 56.4 Å². The van der Waals surface area contributed by atoms with Crippen LogP contribution in [0.1, 0.15) is 31.9 Å². The van der Waals surface area contributed by atoms with Crippen molar-refractivity contribution in [1.29, 1.82) is 0 Å². The van der Waals surface area contributed by atoms with Gasteiger partial charge in [0.2, 0.25) is 0 Å². The van der Waals surface area contributed by atoms with E-state index in [1.54, 1.807) is 11.8 Å². The van der Waals surface area contributed by atoms with Gasteiger partial charge in [-0.3, -0.25) is 18.5 Å². The number of imidazole rings is 1. The first-order chi connectivity index (χ1) is 19.8. The number of aromatic nitrogens is 4. The van der Waals surface area contributed by atoms with Crippen LogP contribution in [0.25, 0.3) is 11.2 Å².